The molecular weight excluding hydrogens is 302 g/mol. The molecule has 0 atom stereocenters. The van der Waals surface area contributed by atoms with Gasteiger partial charge in [-0.3, -0.25) is 14.2 Å². The number of phenols is 2. The van der Waals surface area contributed by atoms with Crippen molar-refractivity contribution in [3.05, 3.63) is 46.9 Å². The average Bonchev–Trinajstić information content (AvgIpc) is 2.50. The molecule has 3 N–H and O–H groups in total. The molecule has 0 saturated carbocycles. The van der Waals surface area contributed by atoms with Crippen molar-refractivity contribution in [2.45, 2.75) is 6.54 Å². The van der Waals surface area contributed by atoms with E-state index >= 15 is 0 Å². The van der Waals surface area contributed by atoms with Gasteiger partial charge in [-0.05, 0) is 24.3 Å². The number of rotatable bonds is 3. The Morgan fingerprint density at radius 3 is 2.70 bits per heavy atom. The van der Waals surface area contributed by atoms with E-state index in [1.165, 1.54) is 18.3 Å². The Labute approximate surface area is 128 Å². The highest BCUT2D eigenvalue weighted by molar-refractivity contribution is 5.78. The van der Waals surface area contributed by atoms with Gasteiger partial charge in [0.1, 0.15) is 29.3 Å². The molecule has 2 heterocycles. The molecule has 23 heavy (non-hydrogen) atoms. The summed E-state index contributed by atoms with van der Waals surface area (Å²) < 4.78 is 0.978. The van der Waals surface area contributed by atoms with Crippen molar-refractivity contribution < 1.29 is 20.1 Å². The molecule has 0 aliphatic heterocycles. The molecule has 3 aromatic rings. The summed E-state index contributed by atoms with van der Waals surface area (Å²) in [6, 6.07) is 6.89. The molecule has 0 bridgehead atoms. The van der Waals surface area contributed by atoms with Gasteiger partial charge in [0.15, 0.2) is 5.65 Å². The molecule has 8 heteroatoms. The first-order chi connectivity index (χ1) is 11.0. The van der Waals surface area contributed by atoms with Gasteiger partial charge in [-0.1, -0.05) is 0 Å². The first-order valence-corrected chi connectivity index (χ1v) is 6.57. The van der Waals surface area contributed by atoms with Crippen LogP contribution in [0.15, 0.2) is 41.3 Å². The van der Waals surface area contributed by atoms with Crippen LogP contribution in [0, 0.1) is 0 Å². The van der Waals surface area contributed by atoms with Crippen LogP contribution < -0.4 is 5.56 Å². The average molecular weight is 313 g/mol. The number of aliphatic carboxylic acids is 1. The van der Waals surface area contributed by atoms with E-state index in [-0.39, 0.29) is 28.4 Å². The second kappa shape index (κ2) is 5.41. The van der Waals surface area contributed by atoms with Crippen molar-refractivity contribution in [3.8, 4) is 22.8 Å². The summed E-state index contributed by atoms with van der Waals surface area (Å²) >= 11 is 0. The Morgan fingerprint density at radius 2 is 2.00 bits per heavy atom. The number of aromatic nitrogens is 3. The lowest BCUT2D eigenvalue weighted by molar-refractivity contribution is -0.137. The number of aromatic hydroxyl groups is 2. The van der Waals surface area contributed by atoms with E-state index in [1.807, 2.05) is 0 Å². The van der Waals surface area contributed by atoms with E-state index < -0.39 is 18.1 Å². The van der Waals surface area contributed by atoms with Crippen molar-refractivity contribution in [2.24, 2.45) is 0 Å². The van der Waals surface area contributed by atoms with Crippen LogP contribution in [0.4, 0.5) is 0 Å². The molecule has 2 aromatic heterocycles. The Bertz CT molecular complexity index is 980. The van der Waals surface area contributed by atoms with E-state index in [2.05, 4.69) is 9.97 Å². The van der Waals surface area contributed by atoms with Gasteiger partial charge in [-0.15, -0.1) is 0 Å². The fourth-order valence-electron chi connectivity index (χ4n) is 2.25. The van der Waals surface area contributed by atoms with Gasteiger partial charge in [0.05, 0.1) is 0 Å². The van der Waals surface area contributed by atoms with Gasteiger partial charge >= 0.3 is 5.97 Å². The van der Waals surface area contributed by atoms with Crippen LogP contribution in [0.25, 0.3) is 22.4 Å². The maximum absolute atomic E-state index is 12.6. The van der Waals surface area contributed by atoms with E-state index in [0.717, 1.165) is 10.6 Å². The predicted molar refractivity (Wildman–Crippen MR) is 80.2 cm³/mol. The Morgan fingerprint density at radius 1 is 1.22 bits per heavy atom. The largest absolute Gasteiger partial charge is 0.508 e. The number of pyridine rings is 1. The van der Waals surface area contributed by atoms with Crippen molar-refractivity contribution >= 4 is 17.1 Å². The van der Waals surface area contributed by atoms with Crippen molar-refractivity contribution in [1.82, 2.24) is 14.5 Å². The normalized spacial score (nSPS) is 10.8. The minimum Gasteiger partial charge on any atom is -0.508 e. The maximum atomic E-state index is 12.6. The summed E-state index contributed by atoms with van der Waals surface area (Å²) in [4.78, 5) is 31.8. The van der Waals surface area contributed by atoms with Gasteiger partial charge in [0.2, 0.25) is 0 Å². The van der Waals surface area contributed by atoms with Crippen LogP contribution in [0.2, 0.25) is 0 Å². The molecule has 0 radical (unpaired) electrons. The van der Waals surface area contributed by atoms with Gasteiger partial charge in [-0.25, -0.2) is 9.97 Å². The topological polar surface area (TPSA) is 126 Å². The van der Waals surface area contributed by atoms with Crippen LogP contribution in [0.1, 0.15) is 0 Å². The third kappa shape index (κ3) is 2.57. The molecule has 0 aliphatic rings. The number of carboxylic acid groups (broad SMARTS) is 1. The zero-order valence-electron chi connectivity index (χ0n) is 11.7. The van der Waals surface area contributed by atoms with Crippen LogP contribution >= 0.6 is 0 Å². The third-order valence-corrected chi connectivity index (χ3v) is 3.23. The lowest BCUT2D eigenvalue weighted by Crippen LogP contribution is -2.27. The summed E-state index contributed by atoms with van der Waals surface area (Å²) in [5.74, 6) is -1.70. The lowest BCUT2D eigenvalue weighted by atomic mass is 10.1. The molecule has 0 fully saturated rings. The van der Waals surface area contributed by atoms with Gasteiger partial charge in [-0.2, -0.15) is 0 Å². The molecule has 8 nitrogen and oxygen atoms in total. The highest BCUT2D eigenvalue weighted by Crippen LogP contribution is 2.29. The molecule has 0 spiro atoms. The summed E-state index contributed by atoms with van der Waals surface area (Å²) in [5.41, 5.74) is -0.265. The summed E-state index contributed by atoms with van der Waals surface area (Å²) in [6.07, 6.45) is 1.43. The zero-order chi connectivity index (χ0) is 16.6. The second-order valence-electron chi connectivity index (χ2n) is 4.79. The van der Waals surface area contributed by atoms with Crippen molar-refractivity contribution in [3.63, 3.8) is 0 Å². The standard InChI is InChI=1S/C15H11N3O5/c19-8-3-4-9(11(20)6-8)13-15(23)18(7-12(21)22)14-10(17-13)2-1-5-16-14/h1-6,19-20H,7H2,(H,21,22). The SMILES string of the molecule is O=C(O)Cn1c(=O)c(-c2ccc(O)cc2O)nc2cccnc21. The third-order valence-electron chi connectivity index (χ3n) is 3.23. The minimum atomic E-state index is -1.20. The van der Waals surface area contributed by atoms with Crippen LogP contribution in [-0.4, -0.2) is 35.8 Å². The highest BCUT2D eigenvalue weighted by Gasteiger charge is 2.17. The molecular formula is C15H11N3O5. The van der Waals surface area contributed by atoms with Crippen LogP contribution in [0.5, 0.6) is 11.5 Å². The summed E-state index contributed by atoms with van der Waals surface area (Å²) in [5, 5.41) is 28.3. The quantitative estimate of drug-likeness (QED) is 0.657. The molecule has 0 unspecified atom stereocenters. The van der Waals surface area contributed by atoms with Gasteiger partial charge in [0, 0.05) is 17.8 Å². The molecule has 0 amide bonds. The molecule has 116 valence electrons. The first kappa shape index (κ1) is 14.5. The Kier molecular flexibility index (Phi) is 3.41. The van der Waals surface area contributed by atoms with E-state index in [0.29, 0.717) is 5.52 Å². The number of hydrogen-bond donors (Lipinski definition) is 3. The monoisotopic (exact) mass is 313 g/mol. The van der Waals surface area contributed by atoms with Gasteiger partial charge < -0.3 is 15.3 Å². The lowest BCUT2D eigenvalue weighted by Gasteiger charge is -2.10. The number of carboxylic acids is 1. The smallest absolute Gasteiger partial charge is 0.323 e. The molecule has 0 aliphatic carbocycles. The van der Waals surface area contributed by atoms with E-state index in [4.69, 9.17) is 5.11 Å². The fourth-order valence-corrected chi connectivity index (χ4v) is 2.25. The van der Waals surface area contributed by atoms with E-state index in [9.17, 15) is 19.8 Å². The van der Waals surface area contributed by atoms with Gasteiger partial charge in [0.25, 0.3) is 5.56 Å². The summed E-state index contributed by atoms with van der Waals surface area (Å²) in [6.45, 7) is -0.583. The Hall–Kier alpha value is -3.42. The number of nitrogens with zero attached hydrogens (tertiary/aromatic N) is 3. The molecule has 1 aromatic carbocycles. The molecule has 0 saturated heterocycles. The number of carbonyl (C=O) groups is 1. The van der Waals surface area contributed by atoms with Crippen molar-refractivity contribution in [1.29, 1.82) is 0 Å². The second-order valence-corrected chi connectivity index (χ2v) is 4.79. The highest BCUT2D eigenvalue weighted by atomic mass is 16.4. The minimum absolute atomic E-state index is 0.0951. The van der Waals surface area contributed by atoms with E-state index in [1.54, 1.807) is 12.1 Å². The number of hydrogen-bond acceptors (Lipinski definition) is 6. The van der Waals surface area contributed by atoms with Crippen LogP contribution in [0.3, 0.4) is 0 Å². The predicted octanol–water partition coefficient (Wildman–Crippen LogP) is 0.954. The fraction of sp³-hybridized carbons (Fsp3) is 0.0667. The number of benzene rings is 1. The zero-order valence-corrected chi connectivity index (χ0v) is 11.7. The number of phenolic OH excluding ortho intramolecular Hbond substituents is 2. The first-order valence-electron chi connectivity index (χ1n) is 6.57. The van der Waals surface area contributed by atoms with Crippen molar-refractivity contribution in [2.75, 3.05) is 0 Å². The maximum Gasteiger partial charge on any atom is 0.323 e. The van der Waals surface area contributed by atoms with Crippen LogP contribution in [-0.2, 0) is 11.3 Å². The summed E-state index contributed by atoms with van der Waals surface area (Å²) in [7, 11) is 0. The molecule has 3 rings (SSSR count). The Balaban J connectivity index is 2.35. The number of fused-ring (bicyclic) bond motifs is 1.